The molecule has 0 saturated carbocycles. The molecule has 0 N–H and O–H groups in total. The van der Waals surface area contributed by atoms with Crippen LogP contribution in [0.5, 0.6) is 11.5 Å². The summed E-state index contributed by atoms with van der Waals surface area (Å²) in [6, 6.07) is 81.5. The minimum Gasteiger partial charge on any atom is -0.453 e. The predicted molar refractivity (Wildman–Crippen MR) is 266 cm³/mol. The lowest BCUT2D eigenvalue weighted by Crippen LogP contribution is -2.03. The highest BCUT2D eigenvalue weighted by molar-refractivity contribution is 6.18. The van der Waals surface area contributed by atoms with Gasteiger partial charge in [-0.2, -0.15) is 0 Å². The summed E-state index contributed by atoms with van der Waals surface area (Å²) in [5, 5.41) is 7.37. The highest BCUT2D eigenvalue weighted by Crippen LogP contribution is 2.48. The van der Waals surface area contributed by atoms with Crippen molar-refractivity contribution in [3.05, 3.63) is 224 Å². The normalized spacial score (nSPS) is 12.2. The molecule has 10 aromatic carbocycles. The first-order chi connectivity index (χ1) is 31.7. The van der Waals surface area contributed by atoms with Gasteiger partial charge in [0.2, 0.25) is 0 Å². The molecule has 0 amide bonds. The summed E-state index contributed by atoms with van der Waals surface area (Å²) >= 11 is 0. The van der Waals surface area contributed by atoms with E-state index in [4.69, 9.17) is 4.74 Å². The predicted octanol–water partition coefficient (Wildman–Crippen LogP) is 16.1. The first-order valence-electron chi connectivity index (χ1n) is 21.9. The molecule has 13 aromatic rings. The minimum absolute atomic E-state index is 0.872. The van der Waals surface area contributed by atoms with E-state index in [9.17, 15) is 0 Å². The van der Waals surface area contributed by atoms with Crippen LogP contribution in [0.3, 0.4) is 0 Å². The maximum Gasteiger partial charge on any atom is 0.152 e. The zero-order chi connectivity index (χ0) is 41.9. The van der Waals surface area contributed by atoms with E-state index in [1.807, 2.05) is 6.07 Å². The number of hydrogen-bond donors (Lipinski definition) is 0. The quantitative estimate of drug-likeness (QED) is 0.170. The lowest BCUT2D eigenvalue weighted by Gasteiger charge is -2.20. The lowest BCUT2D eigenvalue weighted by molar-refractivity contribution is 0.476. The van der Waals surface area contributed by atoms with Crippen molar-refractivity contribution in [2.45, 2.75) is 0 Å². The van der Waals surface area contributed by atoms with Gasteiger partial charge in [0.15, 0.2) is 11.5 Å². The van der Waals surface area contributed by atoms with Gasteiger partial charge in [-0.3, -0.25) is 0 Å². The maximum atomic E-state index is 6.44. The molecule has 64 heavy (non-hydrogen) atoms. The highest BCUT2D eigenvalue weighted by Gasteiger charge is 2.25. The van der Waals surface area contributed by atoms with E-state index in [1.54, 1.807) is 0 Å². The van der Waals surface area contributed by atoms with Crippen LogP contribution in [-0.2, 0) is 0 Å². The summed E-state index contributed by atoms with van der Waals surface area (Å²) in [4.78, 5) is 0. The molecule has 1 aliphatic heterocycles. The van der Waals surface area contributed by atoms with Gasteiger partial charge in [-0.1, -0.05) is 133 Å². The fourth-order valence-corrected chi connectivity index (χ4v) is 10.6. The molecule has 0 fully saturated rings. The van der Waals surface area contributed by atoms with Gasteiger partial charge in [-0.25, -0.2) is 0 Å². The Labute approximate surface area is 368 Å². The van der Waals surface area contributed by atoms with E-state index in [2.05, 4.69) is 232 Å². The molecule has 4 heteroatoms. The zero-order valence-corrected chi connectivity index (χ0v) is 34.6. The van der Waals surface area contributed by atoms with Crippen LogP contribution >= 0.6 is 0 Å². The van der Waals surface area contributed by atoms with Crippen molar-refractivity contribution < 1.29 is 4.74 Å². The average Bonchev–Trinajstić information content (AvgIpc) is 4.01. The van der Waals surface area contributed by atoms with Gasteiger partial charge in [0.05, 0.1) is 38.8 Å². The van der Waals surface area contributed by atoms with Crippen molar-refractivity contribution in [3.63, 3.8) is 0 Å². The minimum atomic E-state index is 0.872. The Morgan fingerprint density at radius 2 is 0.781 bits per heavy atom. The number of nitrogens with zero attached hydrogens (tertiary/aromatic N) is 3. The van der Waals surface area contributed by atoms with Gasteiger partial charge in [-0.05, 0) is 124 Å². The molecule has 0 saturated heterocycles. The molecular weight excluding hydrogens is 779 g/mol. The second-order valence-electron chi connectivity index (χ2n) is 16.9. The fraction of sp³-hybridized carbons (Fsp3) is 0. The Kier molecular flexibility index (Phi) is 7.36. The van der Waals surface area contributed by atoms with Crippen molar-refractivity contribution in [1.29, 1.82) is 0 Å². The van der Waals surface area contributed by atoms with Crippen molar-refractivity contribution in [2.75, 3.05) is 0 Å². The van der Waals surface area contributed by atoms with E-state index < -0.39 is 0 Å². The van der Waals surface area contributed by atoms with Crippen molar-refractivity contribution in [3.8, 4) is 61.9 Å². The van der Waals surface area contributed by atoms with E-state index in [1.165, 1.54) is 93.3 Å². The van der Waals surface area contributed by atoms with Gasteiger partial charge >= 0.3 is 0 Å². The number of rotatable bonds is 5. The third-order valence-electron chi connectivity index (χ3n) is 13.4. The van der Waals surface area contributed by atoms with Crippen LogP contribution < -0.4 is 4.74 Å². The second kappa shape index (κ2) is 13.4. The largest absolute Gasteiger partial charge is 0.453 e. The topological polar surface area (TPSA) is 24.0 Å². The number of ether oxygens (including phenoxy) is 1. The van der Waals surface area contributed by atoms with Crippen LogP contribution in [-0.4, -0.2) is 13.7 Å². The van der Waals surface area contributed by atoms with Crippen LogP contribution in [0.1, 0.15) is 0 Å². The zero-order valence-electron chi connectivity index (χ0n) is 34.6. The Hall–Kier alpha value is -8.60. The Balaban J connectivity index is 0.930. The van der Waals surface area contributed by atoms with Gasteiger partial charge in [-0.15, -0.1) is 0 Å². The summed E-state index contributed by atoms with van der Waals surface area (Å²) in [5.41, 5.74) is 17.6. The van der Waals surface area contributed by atoms with Gasteiger partial charge in [0.25, 0.3) is 0 Å². The molecule has 0 bridgehead atoms. The molecule has 4 nitrogen and oxygen atoms in total. The Morgan fingerprint density at radius 1 is 0.281 bits per heavy atom. The first kappa shape index (κ1) is 35.0. The molecule has 1 aliphatic rings. The molecule has 3 aromatic heterocycles. The summed E-state index contributed by atoms with van der Waals surface area (Å²) in [5.74, 6) is 1.76. The molecule has 4 heterocycles. The molecule has 14 rings (SSSR count). The monoisotopic (exact) mass is 815 g/mol. The summed E-state index contributed by atoms with van der Waals surface area (Å²) < 4.78 is 13.6. The maximum absolute atomic E-state index is 6.44. The van der Waals surface area contributed by atoms with E-state index >= 15 is 0 Å². The van der Waals surface area contributed by atoms with Crippen LogP contribution in [0, 0.1) is 0 Å². The molecule has 298 valence electrons. The van der Waals surface area contributed by atoms with Crippen LogP contribution in [0.2, 0.25) is 0 Å². The Bertz CT molecular complexity index is 4020. The smallest absolute Gasteiger partial charge is 0.152 e. The molecule has 0 radical (unpaired) electrons. The standard InChI is InChI=1S/C60H37N3O/c1-3-13-38(14-4-1)40-27-32-53-49(35-40)50-37-42(41-28-33-52-48(36-41)46-17-7-8-20-51(46)61(52)43-15-5-2-6-16-43)29-34-54(50)62(53)44-30-25-39(26-31-44)45-18-11-22-56-59(45)47-19-12-24-58-60(47)63(56)55-21-9-10-23-57(55)64-58/h1-37H. The van der Waals surface area contributed by atoms with Crippen LogP contribution in [0.25, 0.3) is 116 Å². The summed E-state index contributed by atoms with van der Waals surface area (Å²) in [6.07, 6.45) is 0. The average molecular weight is 816 g/mol. The van der Waals surface area contributed by atoms with Gasteiger partial charge in [0.1, 0.15) is 0 Å². The summed E-state index contributed by atoms with van der Waals surface area (Å²) in [7, 11) is 0. The molecule has 0 spiro atoms. The van der Waals surface area contributed by atoms with Crippen molar-refractivity contribution >= 4 is 65.4 Å². The SMILES string of the molecule is c1ccc(-c2ccc3c(c2)c2cc(-c4ccc5c(c4)c4ccccc4n5-c4ccccc4)ccc2n3-c2ccc(-c3cccc4c3c3cccc5c3n4-c3ccccc3O5)cc2)cc1. The molecule has 0 unspecified atom stereocenters. The van der Waals surface area contributed by atoms with Crippen molar-refractivity contribution in [1.82, 2.24) is 13.7 Å². The van der Waals surface area contributed by atoms with Gasteiger partial charge < -0.3 is 18.4 Å². The third-order valence-corrected chi connectivity index (χ3v) is 13.4. The Morgan fingerprint density at radius 3 is 1.50 bits per heavy atom. The lowest BCUT2D eigenvalue weighted by atomic mass is 9.99. The van der Waals surface area contributed by atoms with E-state index in [0.717, 1.165) is 34.1 Å². The van der Waals surface area contributed by atoms with Gasteiger partial charge in [0, 0.05) is 43.7 Å². The number of para-hydroxylation sites is 5. The summed E-state index contributed by atoms with van der Waals surface area (Å²) in [6.45, 7) is 0. The fourth-order valence-electron chi connectivity index (χ4n) is 10.6. The molecule has 0 atom stereocenters. The van der Waals surface area contributed by atoms with Crippen molar-refractivity contribution in [2.24, 2.45) is 0 Å². The second-order valence-corrected chi connectivity index (χ2v) is 16.9. The first-order valence-corrected chi connectivity index (χ1v) is 21.9. The highest BCUT2D eigenvalue weighted by atomic mass is 16.5. The third kappa shape index (κ3) is 5.05. The number of aromatic nitrogens is 3. The number of fused-ring (bicyclic) bond motifs is 11. The molecule has 0 aliphatic carbocycles. The molecular formula is C60H37N3O. The van der Waals surface area contributed by atoms with E-state index in [-0.39, 0.29) is 0 Å². The number of benzene rings is 10. The van der Waals surface area contributed by atoms with E-state index in [0.29, 0.717) is 0 Å². The van der Waals surface area contributed by atoms with Crippen LogP contribution in [0.4, 0.5) is 0 Å². The number of hydrogen-bond acceptors (Lipinski definition) is 1. The van der Waals surface area contributed by atoms with Crippen LogP contribution in [0.15, 0.2) is 224 Å².